The summed E-state index contributed by atoms with van der Waals surface area (Å²) in [5.41, 5.74) is 0. The number of carbonyl (C=O) groups is 2. The summed E-state index contributed by atoms with van der Waals surface area (Å²) < 4.78 is 11.0. The van der Waals surface area contributed by atoms with Gasteiger partial charge in [0.05, 0.1) is 19.1 Å². The highest BCUT2D eigenvalue weighted by molar-refractivity contribution is 5.71. The number of rotatable bonds is 38. The van der Waals surface area contributed by atoms with E-state index in [4.69, 9.17) is 9.47 Å². The minimum atomic E-state index is -0.0226. The highest BCUT2D eigenvalue weighted by atomic mass is 16.5. The van der Waals surface area contributed by atoms with Gasteiger partial charge in [0.15, 0.2) is 0 Å². The second-order valence-electron chi connectivity index (χ2n) is 14.7. The Bertz CT molecular complexity index is 679. The van der Waals surface area contributed by atoms with Crippen LogP contribution in [0.5, 0.6) is 0 Å². The number of hydrogen-bond donors (Lipinski definition) is 1. The number of ether oxygens (including phenoxy) is 2. The molecule has 0 bridgehead atoms. The number of hydrogen-bond acceptors (Lipinski definition) is 6. The molecule has 0 amide bonds. The molecule has 0 aromatic heterocycles. The molecule has 0 aliphatic rings. The Morgan fingerprint density at radius 1 is 0.521 bits per heavy atom. The Balaban J connectivity index is 3.83. The maximum absolute atomic E-state index is 12.3. The van der Waals surface area contributed by atoms with Gasteiger partial charge < -0.3 is 19.5 Å². The fourth-order valence-corrected chi connectivity index (χ4v) is 6.61. The van der Waals surface area contributed by atoms with Crippen LogP contribution in [0.15, 0.2) is 0 Å². The summed E-state index contributed by atoms with van der Waals surface area (Å²) in [6.07, 6.45) is 32.5. The number of aliphatic hydroxyl groups is 1. The molecule has 0 aliphatic heterocycles. The molecule has 0 aromatic rings. The van der Waals surface area contributed by atoms with Crippen LogP contribution in [0, 0.1) is 11.8 Å². The van der Waals surface area contributed by atoms with Crippen LogP contribution in [0.25, 0.3) is 0 Å². The standard InChI is InChI=1S/C42H83NO5/c1-5-8-11-12-13-19-25-38-48-42(46)39(4)28-20-16-18-24-34-43(35-27-36-44)33-23-17-14-15-21-32-41(45)47-37-26-22-31-40(29-9-6-2)30-10-7-3/h39-40,44H,5-38H2,1-4H3. The lowest BCUT2D eigenvalue weighted by atomic mass is 9.91. The second-order valence-corrected chi connectivity index (χ2v) is 14.7. The van der Waals surface area contributed by atoms with Gasteiger partial charge in [-0.1, -0.05) is 150 Å². The molecule has 6 nitrogen and oxygen atoms in total. The molecule has 0 aromatic carbocycles. The predicted octanol–water partition coefficient (Wildman–Crippen LogP) is 11.6. The first-order valence-corrected chi connectivity index (χ1v) is 21.1. The average Bonchev–Trinajstić information content (AvgIpc) is 3.09. The minimum absolute atomic E-state index is 0.000441. The lowest BCUT2D eigenvalue weighted by Crippen LogP contribution is -2.28. The topological polar surface area (TPSA) is 76.1 Å². The smallest absolute Gasteiger partial charge is 0.308 e. The first kappa shape index (κ1) is 46.9. The highest BCUT2D eigenvalue weighted by Gasteiger charge is 2.14. The first-order valence-electron chi connectivity index (χ1n) is 21.1. The van der Waals surface area contributed by atoms with Gasteiger partial charge in [-0.3, -0.25) is 9.59 Å². The molecule has 6 heteroatoms. The van der Waals surface area contributed by atoms with Crippen molar-refractivity contribution in [3.63, 3.8) is 0 Å². The van der Waals surface area contributed by atoms with Gasteiger partial charge in [-0.2, -0.15) is 0 Å². The fraction of sp³-hybridized carbons (Fsp3) is 0.952. The maximum Gasteiger partial charge on any atom is 0.308 e. The zero-order valence-corrected chi connectivity index (χ0v) is 32.7. The molecule has 0 heterocycles. The lowest BCUT2D eigenvalue weighted by molar-refractivity contribution is -0.148. The van der Waals surface area contributed by atoms with Crippen molar-refractivity contribution in [2.45, 2.75) is 207 Å². The van der Waals surface area contributed by atoms with E-state index in [2.05, 4.69) is 25.7 Å². The molecule has 286 valence electrons. The summed E-state index contributed by atoms with van der Waals surface area (Å²) in [5, 5.41) is 9.34. The number of carbonyl (C=O) groups excluding carboxylic acids is 2. The van der Waals surface area contributed by atoms with E-state index in [1.807, 2.05) is 6.92 Å². The SMILES string of the molecule is CCCCCCCCCOC(=O)C(C)CCCCCCN(CCCO)CCCCCCCC(=O)OCCCCC(CCCC)CCCC. The molecule has 0 rings (SSSR count). The van der Waals surface area contributed by atoms with E-state index < -0.39 is 0 Å². The molecule has 0 fully saturated rings. The van der Waals surface area contributed by atoms with Crippen molar-refractivity contribution in [1.82, 2.24) is 4.90 Å². The van der Waals surface area contributed by atoms with Crippen molar-refractivity contribution in [1.29, 1.82) is 0 Å². The zero-order chi connectivity index (χ0) is 35.3. The van der Waals surface area contributed by atoms with Crippen molar-refractivity contribution in [3.8, 4) is 0 Å². The van der Waals surface area contributed by atoms with E-state index in [-0.39, 0.29) is 24.5 Å². The largest absolute Gasteiger partial charge is 0.466 e. The minimum Gasteiger partial charge on any atom is -0.466 e. The third-order valence-corrected chi connectivity index (χ3v) is 9.95. The molecule has 48 heavy (non-hydrogen) atoms. The van der Waals surface area contributed by atoms with E-state index in [1.165, 1.54) is 109 Å². The van der Waals surface area contributed by atoms with E-state index >= 15 is 0 Å². The number of unbranched alkanes of at least 4 members (excludes halogenated alkanes) is 16. The summed E-state index contributed by atoms with van der Waals surface area (Å²) in [6.45, 7) is 13.3. The average molecular weight is 682 g/mol. The van der Waals surface area contributed by atoms with E-state index in [0.717, 1.165) is 89.8 Å². The van der Waals surface area contributed by atoms with Crippen LogP contribution >= 0.6 is 0 Å². The van der Waals surface area contributed by atoms with Crippen LogP contribution in [0.1, 0.15) is 207 Å². The number of aliphatic hydroxyl groups excluding tert-OH is 1. The van der Waals surface area contributed by atoms with Gasteiger partial charge in [0, 0.05) is 19.6 Å². The Kier molecular flexibility index (Phi) is 36.2. The van der Waals surface area contributed by atoms with E-state index in [9.17, 15) is 14.7 Å². The van der Waals surface area contributed by atoms with Gasteiger partial charge in [0.25, 0.3) is 0 Å². The van der Waals surface area contributed by atoms with Gasteiger partial charge in [0.2, 0.25) is 0 Å². The molecule has 1 atom stereocenters. The number of nitrogens with zero attached hydrogens (tertiary/aromatic N) is 1. The van der Waals surface area contributed by atoms with Crippen molar-refractivity contribution in [2.75, 3.05) is 39.5 Å². The Labute approximate surface area is 299 Å². The first-order chi connectivity index (χ1) is 23.5. The van der Waals surface area contributed by atoms with Gasteiger partial charge in [0.1, 0.15) is 0 Å². The van der Waals surface area contributed by atoms with Crippen LogP contribution < -0.4 is 0 Å². The Hall–Kier alpha value is -1.14. The van der Waals surface area contributed by atoms with Crippen molar-refractivity contribution in [2.24, 2.45) is 11.8 Å². The third kappa shape index (κ3) is 32.1. The van der Waals surface area contributed by atoms with Gasteiger partial charge in [-0.25, -0.2) is 0 Å². The molecule has 0 aliphatic carbocycles. The molecular weight excluding hydrogens is 598 g/mol. The molecule has 0 spiro atoms. The van der Waals surface area contributed by atoms with Gasteiger partial charge in [-0.05, 0) is 70.4 Å². The quantitative estimate of drug-likeness (QED) is 0.0516. The molecular formula is C42H83NO5. The summed E-state index contributed by atoms with van der Waals surface area (Å²) in [6, 6.07) is 0. The fourth-order valence-electron chi connectivity index (χ4n) is 6.61. The molecule has 0 radical (unpaired) electrons. The molecule has 0 saturated carbocycles. The van der Waals surface area contributed by atoms with Gasteiger partial charge >= 0.3 is 11.9 Å². The van der Waals surface area contributed by atoms with Crippen LogP contribution in [0.4, 0.5) is 0 Å². The molecule has 1 N–H and O–H groups in total. The predicted molar refractivity (Wildman–Crippen MR) is 204 cm³/mol. The lowest BCUT2D eigenvalue weighted by Gasteiger charge is -2.22. The summed E-state index contributed by atoms with van der Waals surface area (Å²) in [4.78, 5) is 26.9. The van der Waals surface area contributed by atoms with Crippen LogP contribution in [0.3, 0.4) is 0 Å². The molecule has 0 saturated heterocycles. The zero-order valence-electron chi connectivity index (χ0n) is 32.7. The molecule has 1 unspecified atom stereocenters. The third-order valence-electron chi connectivity index (χ3n) is 9.95. The van der Waals surface area contributed by atoms with Crippen molar-refractivity contribution >= 4 is 11.9 Å². The maximum atomic E-state index is 12.3. The van der Waals surface area contributed by atoms with Crippen molar-refractivity contribution in [3.05, 3.63) is 0 Å². The summed E-state index contributed by atoms with van der Waals surface area (Å²) in [5.74, 6) is 0.812. The van der Waals surface area contributed by atoms with Crippen molar-refractivity contribution < 1.29 is 24.2 Å². The van der Waals surface area contributed by atoms with Crippen LogP contribution in [-0.2, 0) is 19.1 Å². The highest BCUT2D eigenvalue weighted by Crippen LogP contribution is 2.22. The Morgan fingerprint density at radius 3 is 1.60 bits per heavy atom. The summed E-state index contributed by atoms with van der Waals surface area (Å²) in [7, 11) is 0. The van der Waals surface area contributed by atoms with Crippen LogP contribution in [-0.4, -0.2) is 61.4 Å². The number of esters is 2. The normalized spacial score (nSPS) is 12.2. The second kappa shape index (κ2) is 37.1. The van der Waals surface area contributed by atoms with E-state index in [1.54, 1.807) is 0 Å². The Morgan fingerprint density at radius 2 is 0.979 bits per heavy atom. The summed E-state index contributed by atoms with van der Waals surface area (Å²) >= 11 is 0. The van der Waals surface area contributed by atoms with E-state index in [0.29, 0.717) is 19.6 Å². The van der Waals surface area contributed by atoms with Gasteiger partial charge in [-0.15, -0.1) is 0 Å². The van der Waals surface area contributed by atoms with Crippen LogP contribution in [0.2, 0.25) is 0 Å². The monoisotopic (exact) mass is 682 g/mol.